The van der Waals surface area contributed by atoms with E-state index >= 15 is 0 Å². The average Bonchev–Trinajstić information content (AvgIpc) is 3.28. The van der Waals surface area contributed by atoms with Crippen LogP contribution in [0.3, 0.4) is 0 Å². The number of rotatable bonds is 4. The predicted molar refractivity (Wildman–Crippen MR) is 129 cm³/mol. The Morgan fingerprint density at radius 3 is 2.86 bits per heavy atom. The number of pyridine rings is 1. The zero-order valence-corrected chi connectivity index (χ0v) is 20.6. The Labute approximate surface area is 193 Å². The number of hydrogen-bond donors (Lipinski definition) is 2. The van der Waals surface area contributed by atoms with E-state index in [1.165, 1.54) is 0 Å². The van der Waals surface area contributed by atoms with E-state index in [4.69, 9.17) is 16.6 Å². The van der Waals surface area contributed by atoms with Crippen molar-refractivity contribution in [3.63, 3.8) is 0 Å². The van der Waals surface area contributed by atoms with Gasteiger partial charge in [0, 0.05) is 43.2 Å². The van der Waals surface area contributed by atoms with Gasteiger partial charge in [-0.3, -0.25) is 4.99 Å². The molecule has 28 heavy (non-hydrogen) atoms. The van der Waals surface area contributed by atoms with Gasteiger partial charge in [0.15, 0.2) is 5.96 Å². The number of aromatic nitrogens is 2. The third-order valence-electron chi connectivity index (χ3n) is 4.52. The van der Waals surface area contributed by atoms with Gasteiger partial charge in [-0.25, -0.2) is 9.97 Å². The van der Waals surface area contributed by atoms with Crippen molar-refractivity contribution < 1.29 is 0 Å². The SMILES string of the molecule is CN=C(NCc1nc(C(C)(C)C)cs1)NC1CCN(c2ncccc2Cl)C1.I. The number of guanidine groups is 1. The van der Waals surface area contributed by atoms with Crippen LogP contribution in [0.25, 0.3) is 0 Å². The van der Waals surface area contributed by atoms with Gasteiger partial charge in [0.2, 0.25) is 0 Å². The molecule has 1 saturated heterocycles. The number of nitrogens with one attached hydrogen (secondary N) is 2. The molecule has 0 amide bonds. The lowest BCUT2D eigenvalue weighted by Crippen LogP contribution is -2.44. The Kier molecular flexibility index (Phi) is 8.32. The van der Waals surface area contributed by atoms with Crippen molar-refractivity contribution in [2.24, 2.45) is 4.99 Å². The van der Waals surface area contributed by atoms with E-state index in [1.807, 2.05) is 12.1 Å². The van der Waals surface area contributed by atoms with Crippen LogP contribution in [0.2, 0.25) is 5.02 Å². The maximum absolute atomic E-state index is 6.27. The number of anilines is 1. The van der Waals surface area contributed by atoms with Crippen molar-refractivity contribution in [1.29, 1.82) is 0 Å². The Morgan fingerprint density at radius 2 is 2.21 bits per heavy atom. The predicted octanol–water partition coefficient (Wildman–Crippen LogP) is 4.05. The Balaban J connectivity index is 0.00000280. The van der Waals surface area contributed by atoms with E-state index in [0.717, 1.165) is 42.0 Å². The van der Waals surface area contributed by atoms with Crippen LogP contribution in [-0.2, 0) is 12.0 Å². The molecule has 2 aromatic rings. The van der Waals surface area contributed by atoms with Crippen LogP contribution in [0.1, 0.15) is 37.9 Å². The summed E-state index contributed by atoms with van der Waals surface area (Å²) in [6.07, 6.45) is 2.79. The summed E-state index contributed by atoms with van der Waals surface area (Å²) in [5, 5.41) is 10.8. The number of halogens is 2. The van der Waals surface area contributed by atoms with Crippen molar-refractivity contribution in [3.8, 4) is 0 Å². The molecule has 1 aliphatic heterocycles. The van der Waals surface area contributed by atoms with Crippen molar-refractivity contribution in [2.75, 3.05) is 25.0 Å². The molecule has 1 fully saturated rings. The summed E-state index contributed by atoms with van der Waals surface area (Å²) in [7, 11) is 1.79. The summed E-state index contributed by atoms with van der Waals surface area (Å²) >= 11 is 7.95. The van der Waals surface area contributed by atoms with E-state index < -0.39 is 0 Å². The first-order valence-electron chi connectivity index (χ1n) is 9.14. The van der Waals surface area contributed by atoms with Crippen LogP contribution in [0.5, 0.6) is 0 Å². The smallest absolute Gasteiger partial charge is 0.191 e. The lowest BCUT2D eigenvalue weighted by atomic mass is 9.93. The van der Waals surface area contributed by atoms with Crippen LogP contribution in [0, 0.1) is 0 Å². The van der Waals surface area contributed by atoms with Gasteiger partial charge >= 0.3 is 0 Å². The monoisotopic (exact) mass is 534 g/mol. The Hall–Kier alpha value is -1.13. The molecule has 0 aromatic carbocycles. The number of aliphatic imine (C=N–C) groups is 1. The van der Waals surface area contributed by atoms with E-state index in [1.54, 1.807) is 24.6 Å². The molecule has 1 atom stereocenters. The number of nitrogens with zero attached hydrogens (tertiary/aromatic N) is 4. The number of hydrogen-bond acceptors (Lipinski definition) is 5. The lowest BCUT2D eigenvalue weighted by Gasteiger charge is -2.20. The summed E-state index contributed by atoms with van der Waals surface area (Å²) in [6.45, 7) is 8.98. The molecule has 9 heteroatoms. The van der Waals surface area contributed by atoms with E-state index in [-0.39, 0.29) is 29.4 Å². The van der Waals surface area contributed by atoms with Crippen LogP contribution in [-0.4, -0.2) is 42.1 Å². The van der Waals surface area contributed by atoms with Gasteiger partial charge in [0.25, 0.3) is 0 Å². The molecule has 2 N–H and O–H groups in total. The van der Waals surface area contributed by atoms with Crippen molar-refractivity contribution >= 4 is 58.7 Å². The van der Waals surface area contributed by atoms with Crippen molar-refractivity contribution in [2.45, 2.75) is 45.2 Å². The molecule has 2 aromatic heterocycles. The Bertz CT molecular complexity index is 804. The summed E-state index contributed by atoms with van der Waals surface area (Å²) in [5.74, 6) is 1.64. The molecule has 0 spiro atoms. The van der Waals surface area contributed by atoms with Gasteiger partial charge in [-0.15, -0.1) is 35.3 Å². The van der Waals surface area contributed by atoms with Gasteiger partial charge in [0.1, 0.15) is 10.8 Å². The minimum Gasteiger partial charge on any atom is -0.353 e. The van der Waals surface area contributed by atoms with Crippen LogP contribution in [0.15, 0.2) is 28.7 Å². The maximum Gasteiger partial charge on any atom is 0.191 e. The lowest BCUT2D eigenvalue weighted by molar-refractivity contribution is 0.570. The maximum atomic E-state index is 6.27. The van der Waals surface area contributed by atoms with E-state index in [9.17, 15) is 0 Å². The normalized spacial score (nSPS) is 17.4. The molecule has 3 rings (SSSR count). The quantitative estimate of drug-likeness (QED) is 0.352. The average molecular weight is 535 g/mol. The molecule has 3 heterocycles. The van der Waals surface area contributed by atoms with Crippen LogP contribution < -0.4 is 15.5 Å². The highest BCUT2D eigenvalue weighted by Crippen LogP contribution is 2.26. The topological polar surface area (TPSA) is 65.4 Å². The molecule has 1 aliphatic rings. The van der Waals surface area contributed by atoms with Gasteiger partial charge in [-0.2, -0.15) is 0 Å². The second-order valence-electron chi connectivity index (χ2n) is 7.69. The third-order valence-corrected chi connectivity index (χ3v) is 5.66. The second-order valence-corrected chi connectivity index (χ2v) is 9.04. The molecule has 0 bridgehead atoms. The summed E-state index contributed by atoms with van der Waals surface area (Å²) in [6, 6.07) is 4.04. The standard InChI is InChI=1S/C19H27ClN6S.HI/c1-19(2,3)15-12-27-16(25-15)10-23-18(21-4)24-13-7-9-26(11-13)17-14(20)6-5-8-22-17;/h5-6,8,12-13H,7,9-11H2,1-4H3,(H2,21,23,24);1H. The molecule has 6 nitrogen and oxygen atoms in total. The Morgan fingerprint density at radius 1 is 1.43 bits per heavy atom. The molecular weight excluding hydrogens is 507 g/mol. The van der Waals surface area contributed by atoms with Gasteiger partial charge in [0.05, 0.1) is 17.3 Å². The largest absolute Gasteiger partial charge is 0.353 e. The zero-order valence-electron chi connectivity index (χ0n) is 16.7. The molecule has 0 radical (unpaired) electrons. The van der Waals surface area contributed by atoms with Crippen LogP contribution in [0.4, 0.5) is 5.82 Å². The second kappa shape index (κ2) is 10.1. The highest BCUT2D eigenvalue weighted by molar-refractivity contribution is 14.0. The first kappa shape index (κ1) is 23.2. The van der Waals surface area contributed by atoms with Gasteiger partial charge < -0.3 is 15.5 Å². The van der Waals surface area contributed by atoms with Gasteiger partial charge in [-0.05, 0) is 18.6 Å². The van der Waals surface area contributed by atoms with Crippen molar-refractivity contribution in [3.05, 3.63) is 39.4 Å². The molecule has 0 aliphatic carbocycles. The van der Waals surface area contributed by atoms with Gasteiger partial charge in [-0.1, -0.05) is 32.4 Å². The third kappa shape index (κ3) is 5.93. The summed E-state index contributed by atoms with van der Waals surface area (Å²) < 4.78 is 0. The minimum absolute atomic E-state index is 0. The molecule has 0 saturated carbocycles. The van der Waals surface area contributed by atoms with E-state index in [2.05, 4.69) is 51.7 Å². The number of thiazole rings is 1. The molecule has 154 valence electrons. The molecule has 1 unspecified atom stereocenters. The fourth-order valence-corrected chi connectivity index (χ4v) is 4.17. The van der Waals surface area contributed by atoms with Crippen molar-refractivity contribution in [1.82, 2.24) is 20.6 Å². The highest BCUT2D eigenvalue weighted by Gasteiger charge is 2.25. The first-order valence-corrected chi connectivity index (χ1v) is 10.4. The van der Waals surface area contributed by atoms with Crippen LogP contribution >= 0.6 is 46.9 Å². The fraction of sp³-hybridized carbons (Fsp3) is 0.526. The summed E-state index contributed by atoms with van der Waals surface area (Å²) in [4.78, 5) is 15.7. The minimum atomic E-state index is 0. The molecular formula is C19H28ClIN6S. The first-order chi connectivity index (χ1) is 12.9. The highest BCUT2D eigenvalue weighted by atomic mass is 127. The summed E-state index contributed by atoms with van der Waals surface area (Å²) in [5.41, 5.74) is 1.21. The zero-order chi connectivity index (χ0) is 19.4. The fourth-order valence-electron chi connectivity index (χ4n) is 2.96. The van der Waals surface area contributed by atoms with E-state index in [0.29, 0.717) is 17.6 Å².